The lowest BCUT2D eigenvalue weighted by Crippen LogP contribution is -2.06. The molecule has 0 N–H and O–H groups in total. The molecule has 0 aliphatic carbocycles. The van der Waals surface area contributed by atoms with E-state index in [-0.39, 0.29) is 14.1 Å². The van der Waals surface area contributed by atoms with Crippen LogP contribution in [0.25, 0.3) is 0 Å². The van der Waals surface area contributed by atoms with Gasteiger partial charge in [0, 0.05) is 0 Å². The first kappa shape index (κ1) is 7.53. The summed E-state index contributed by atoms with van der Waals surface area (Å²) in [4.78, 5) is 0. The molecular formula is C6H15Al. The molecule has 0 aromatic heterocycles. The second-order valence-corrected chi connectivity index (χ2v) is 6.26. The van der Waals surface area contributed by atoms with Gasteiger partial charge in [-0.1, -0.05) is 25.0 Å². The lowest BCUT2D eigenvalue weighted by Gasteiger charge is -2.05. The van der Waals surface area contributed by atoms with Gasteiger partial charge < -0.3 is 0 Å². The summed E-state index contributed by atoms with van der Waals surface area (Å²) in [5, 5.41) is 0. The van der Waals surface area contributed by atoms with E-state index in [2.05, 4.69) is 25.4 Å². The Balaban J connectivity index is 3.14. The van der Waals surface area contributed by atoms with Crippen LogP contribution in [0.1, 0.15) is 20.3 Å². The fourth-order valence-corrected chi connectivity index (χ4v) is 1.41. The van der Waals surface area contributed by atoms with Crippen molar-refractivity contribution in [1.29, 1.82) is 0 Å². The maximum absolute atomic E-state index is 2.41. The van der Waals surface area contributed by atoms with E-state index in [0.29, 0.717) is 0 Å². The topological polar surface area (TPSA) is 0 Å². The molecule has 0 aromatic rings. The molecule has 0 aromatic carbocycles. The summed E-state index contributed by atoms with van der Waals surface area (Å²) >= 11 is -0.265. The molecule has 1 atom stereocenters. The van der Waals surface area contributed by atoms with E-state index in [1.807, 2.05) is 0 Å². The van der Waals surface area contributed by atoms with Crippen molar-refractivity contribution in [3.8, 4) is 0 Å². The van der Waals surface area contributed by atoms with E-state index >= 15 is 0 Å². The molecular weight excluding hydrogens is 99.0 g/mol. The van der Waals surface area contributed by atoms with Crippen molar-refractivity contribution in [3.63, 3.8) is 0 Å². The Hall–Kier alpha value is 0.532. The first-order chi connectivity index (χ1) is 3.18. The largest absolute Gasteiger partial charge is 0.258 e. The number of rotatable bonds is 2. The summed E-state index contributed by atoms with van der Waals surface area (Å²) in [7, 11) is 0. The van der Waals surface area contributed by atoms with Crippen LogP contribution >= 0.6 is 0 Å². The maximum Gasteiger partial charge on any atom is 0.258 e. The van der Waals surface area contributed by atoms with Crippen LogP contribution < -0.4 is 0 Å². The second-order valence-electron chi connectivity index (χ2n) is 2.63. The highest BCUT2D eigenvalue weighted by molar-refractivity contribution is 6.57. The van der Waals surface area contributed by atoms with Gasteiger partial charge in [0.05, 0.1) is 0 Å². The van der Waals surface area contributed by atoms with E-state index < -0.39 is 0 Å². The Kier molecular flexibility index (Phi) is 3.79. The normalized spacial score (nSPS) is 13.7. The highest BCUT2D eigenvalue weighted by Crippen LogP contribution is 2.11. The monoisotopic (exact) mass is 114 g/mol. The van der Waals surface area contributed by atoms with Crippen LogP contribution in [0, 0.1) is 0 Å². The predicted molar refractivity (Wildman–Crippen MR) is 37.2 cm³/mol. The summed E-state index contributed by atoms with van der Waals surface area (Å²) < 4.78 is 1.04. The molecule has 0 heterocycles. The Morgan fingerprint density at radius 2 is 1.86 bits per heavy atom. The third-order valence-electron chi connectivity index (χ3n) is 1.78. The molecule has 0 aliphatic rings. The van der Waals surface area contributed by atoms with Crippen LogP contribution in [0.4, 0.5) is 0 Å². The summed E-state index contributed by atoms with van der Waals surface area (Å²) in [5.74, 6) is 4.82. The van der Waals surface area contributed by atoms with Crippen LogP contribution in [0.2, 0.25) is 16.4 Å². The minimum atomic E-state index is -0.265. The Bertz CT molecular complexity index is 41.4. The average Bonchev–Trinajstić information content (AvgIpc) is 1.65. The smallest absolute Gasteiger partial charge is 0.106 e. The number of hydrogen-bond acceptors (Lipinski definition) is 0. The number of hydrogen-bond donors (Lipinski definition) is 0. The zero-order chi connectivity index (χ0) is 5.86. The fourth-order valence-electron chi connectivity index (χ4n) is 0.471. The Morgan fingerprint density at radius 3 is 1.86 bits per heavy atom. The van der Waals surface area contributed by atoms with Gasteiger partial charge in [0.25, 0.3) is 14.1 Å². The van der Waals surface area contributed by atoms with Gasteiger partial charge in [0.15, 0.2) is 0 Å². The highest BCUT2D eigenvalue weighted by Gasteiger charge is 2.08. The SMILES string of the molecule is CC[CH](C)[Al]([CH3])[CH3]. The van der Waals surface area contributed by atoms with Crippen LogP contribution in [-0.2, 0) is 0 Å². The lowest BCUT2D eigenvalue weighted by molar-refractivity contribution is 0.859. The van der Waals surface area contributed by atoms with Gasteiger partial charge in [0.2, 0.25) is 0 Å². The molecule has 0 saturated heterocycles. The summed E-state index contributed by atoms with van der Waals surface area (Å²) in [5.41, 5.74) is 0. The first-order valence-corrected chi connectivity index (χ1v) is 6.16. The van der Waals surface area contributed by atoms with E-state index in [0.717, 1.165) is 4.78 Å². The Morgan fingerprint density at radius 1 is 1.43 bits per heavy atom. The van der Waals surface area contributed by atoms with Crippen molar-refractivity contribution >= 4 is 14.1 Å². The molecule has 0 spiro atoms. The first-order valence-electron chi connectivity index (χ1n) is 3.18. The summed E-state index contributed by atoms with van der Waals surface area (Å²) in [6.07, 6.45) is 1.38. The second kappa shape index (κ2) is 3.52. The predicted octanol–water partition coefficient (Wildman–Crippen LogP) is 2.54. The van der Waals surface area contributed by atoms with Crippen LogP contribution in [0.3, 0.4) is 0 Å². The standard InChI is InChI=1S/C4H9.2CH3.Al/c1-3-4-2;;;/h3H,4H2,1-2H3;2*1H3;. The zero-order valence-electron chi connectivity index (χ0n) is 5.86. The van der Waals surface area contributed by atoms with Crippen molar-refractivity contribution in [3.05, 3.63) is 0 Å². The van der Waals surface area contributed by atoms with E-state index in [1.165, 1.54) is 6.42 Å². The molecule has 42 valence electrons. The van der Waals surface area contributed by atoms with Gasteiger partial charge in [-0.25, -0.2) is 0 Å². The third kappa shape index (κ3) is 3.14. The third-order valence-corrected chi connectivity index (χ3v) is 4.53. The molecule has 0 nitrogen and oxygen atoms in total. The molecule has 7 heavy (non-hydrogen) atoms. The summed E-state index contributed by atoms with van der Waals surface area (Å²) in [6, 6.07) is 0. The van der Waals surface area contributed by atoms with Gasteiger partial charge in [-0.15, -0.1) is 11.6 Å². The Labute approximate surface area is 51.3 Å². The van der Waals surface area contributed by atoms with Gasteiger partial charge >= 0.3 is 0 Å². The van der Waals surface area contributed by atoms with Crippen LogP contribution in [0.5, 0.6) is 0 Å². The van der Waals surface area contributed by atoms with E-state index in [1.54, 1.807) is 0 Å². The molecule has 0 saturated carbocycles. The van der Waals surface area contributed by atoms with Crippen molar-refractivity contribution in [2.45, 2.75) is 36.6 Å². The molecule has 0 fully saturated rings. The molecule has 0 rings (SSSR count). The highest BCUT2D eigenvalue weighted by atomic mass is 27.2. The van der Waals surface area contributed by atoms with Crippen molar-refractivity contribution in [2.75, 3.05) is 0 Å². The molecule has 0 amide bonds. The fraction of sp³-hybridized carbons (Fsp3) is 1.00. The van der Waals surface area contributed by atoms with Crippen LogP contribution in [0.15, 0.2) is 0 Å². The van der Waals surface area contributed by atoms with Crippen molar-refractivity contribution in [2.24, 2.45) is 0 Å². The minimum absolute atomic E-state index is 0.265. The maximum atomic E-state index is 2.41. The van der Waals surface area contributed by atoms with Crippen LogP contribution in [-0.4, -0.2) is 14.1 Å². The van der Waals surface area contributed by atoms with Gasteiger partial charge in [-0.2, -0.15) is 0 Å². The minimum Gasteiger partial charge on any atom is -0.106 e. The average molecular weight is 114 g/mol. The molecule has 0 aliphatic heterocycles. The van der Waals surface area contributed by atoms with Gasteiger partial charge in [-0.3, -0.25) is 0 Å². The van der Waals surface area contributed by atoms with Gasteiger partial charge in [0.1, 0.15) is 0 Å². The van der Waals surface area contributed by atoms with Crippen molar-refractivity contribution in [1.82, 2.24) is 0 Å². The van der Waals surface area contributed by atoms with E-state index in [9.17, 15) is 0 Å². The molecule has 0 radical (unpaired) electrons. The lowest BCUT2D eigenvalue weighted by atomic mass is 10.4. The summed E-state index contributed by atoms with van der Waals surface area (Å²) in [6.45, 7) is 4.63. The van der Waals surface area contributed by atoms with Crippen molar-refractivity contribution < 1.29 is 0 Å². The zero-order valence-corrected chi connectivity index (χ0v) is 7.02. The van der Waals surface area contributed by atoms with Gasteiger partial charge in [-0.05, 0) is 0 Å². The van der Waals surface area contributed by atoms with E-state index in [4.69, 9.17) is 0 Å². The quantitative estimate of drug-likeness (QED) is 0.484. The molecule has 0 bridgehead atoms. The molecule has 1 unspecified atom stereocenters. The molecule has 1 heteroatoms.